The van der Waals surface area contributed by atoms with Gasteiger partial charge in [-0.15, -0.1) is 0 Å². The minimum Gasteiger partial charge on any atom is -0.382 e. The number of nitrogens with one attached hydrogen (secondary N) is 1. The molecule has 0 saturated carbocycles. The number of imidazole rings is 1. The third-order valence-electron chi connectivity index (χ3n) is 4.28. The van der Waals surface area contributed by atoms with Crippen molar-refractivity contribution in [1.82, 2.24) is 24.5 Å². The van der Waals surface area contributed by atoms with E-state index in [2.05, 4.69) is 25.3 Å². The number of nitriles is 1. The molecule has 4 rings (SSSR count). The zero-order chi connectivity index (χ0) is 20.5. The first-order valence-electron chi connectivity index (χ1n) is 8.55. The Bertz CT molecular complexity index is 1240. The van der Waals surface area contributed by atoms with Crippen molar-refractivity contribution in [2.75, 3.05) is 11.1 Å². The summed E-state index contributed by atoms with van der Waals surface area (Å²) in [5.41, 5.74) is 7.04. The van der Waals surface area contributed by atoms with E-state index in [0.717, 1.165) is 6.07 Å². The molecule has 0 amide bonds. The standard InChI is InChI=1S/C19H14F2N8/c1-10(27-17-14(8-22)16(23)25-9-26-17)18-28-15-3-2-4-24-19(15)29(18)13-6-11(20)5-12(21)7-13/h2-7,9-10H,1H3,(H3,23,25,26,27)/t10-/m1/s1. The van der Waals surface area contributed by atoms with Gasteiger partial charge in [0.05, 0.1) is 11.7 Å². The fourth-order valence-electron chi connectivity index (χ4n) is 3.03. The van der Waals surface area contributed by atoms with E-state index in [1.165, 1.54) is 18.5 Å². The Kier molecular flexibility index (Phi) is 4.48. The lowest BCUT2D eigenvalue weighted by Gasteiger charge is -2.17. The van der Waals surface area contributed by atoms with Crippen LogP contribution >= 0.6 is 0 Å². The first kappa shape index (κ1) is 18.2. The lowest BCUT2D eigenvalue weighted by atomic mass is 10.2. The van der Waals surface area contributed by atoms with Gasteiger partial charge in [-0.25, -0.2) is 28.7 Å². The van der Waals surface area contributed by atoms with E-state index in [1.807, 2.05) is 6.07 Å². The number of fused-ring (bicyclic) bond motifs is 1. The smallest absolute Gasteiger partial charge is 0.164 e. The van der Waals surface area contributed by atoms with Crippen molar-refractivity contribution in [2.45, 2.75) is 13.0 Å². The predicted octanol–water partition coefficient (Wildman–Crippen LogP) is 3.12. The lowest BCUT2D eigenvalue weighted by molar-refractivity contribution is 0.581. The van der Waals surface area contributed by atoms with Crippen LogP contribution < -0.4 is 11.1 Å². The molecule has 29 heavy (non-hydrogen) atoms. The molecule has 4 aromatic rings. The Morgan fingerprint density at radius 2 is 1.93 bits per heavy atom. The van der Waals surface area contributed by atoms with Gasteiger partial charge in [-0.3, -0.25) is 4.57 Å². The van der Waals surface area contributed by atoms with Gasteiger partial charge in [0.15, 0.2) is 5.65 Å². The van der Waals surface area contributed by atoms with Gasteiger partial charge >= 0.3 is 0 Å². The summed E-state index contributed by atoms with van der Waals surface area (Å²) < 4.78 is 29.3. The van der Waals surface area contributed by atoms with Crippen LogP contribution in [0.2, 0.25) is 0 Å². The maximum absolute atomic E-state index is 13.9. The molecule has 0 bridgehead atoms. The summed E-state index contributed by atoms with van der Waals surface area (Å²) in [7, 11) is 0. The van der Waals surface area contributed by atoms with Gasteiger partial charge in [-0.05, 0) is 31.2 Å². The fraction of sp³-hybridized carbons (Fsp3) is 0.105. The van der Waals surface area contributed by atoms with Gasteiger partial charge in [0.1, 0.15) is 52.6 Å². The minimum absolute atomic E-state index is 0.0413. The minimum atomic E-state index is -0.723. The van der Waals surface area contributed by atoms with Crippen molar-refractivity contribution in [3.63, 3.8) is 0 Å². The largest absolute Gasteiger partial charge is 0.382 e. The molecule has 0 unspecified atom stereocenters. The summed E-state index contributed by atoms with van der Waals surface area (Å²) in [4.78, 5) is 16.7. The maximum atomic E-state index is 13.9. The number of benzene rings is 1. The molecular formula is C19H14F2N8. The number of rotatable bonds is 4. The van der Waals surface area contributed by atoms with E-state index in [0.29, 0.717) is 17.0 Å². The lowest BCUT2D eigenvalue weighted by Crippen LogP contribution is -2.16. The van der Waals surface area contributed by atoms with E-state index in [-0.39, 0.29) is 22.9 Å². The molecule has 0 spiro atoms. The van der Waals surface area contributed by atoms with Crippen molar-refractivity contribution >= 4 is 22.8 Å². The maximum Gasteiger partial charge on any atom is 0.164 e. The molecule has 0 aliphatic rings. The monoisotopic (exact) mass is 392 g/mol. The zero-order valence-corrected chi connectivity index (χ0v) is 15.1. The van der Waals surface area contributed by atoms with Crippen LogP contribution in [0.4, 0.5) is 20.4 Å². The average molecular weight is 392 g/mol. The highest BCUT2D eigenvalue weighted by atomic mass is 19.1. The van der Waals surface area contributed by atoms with Gasteiger partial charge < -0.3 is 11.1 Å². The number of aromatic nitrogens is 5. The van der Waals surface area contributed by atoms with E-state index in [1.54, 1.807) is 29.8 Å². The second-order valence-corrected chi connectivity index (χ2v) is 6.24. The molecular weight excluding hydrogens is 378 g/mol. The van der Waals surface area contributed by atoms with Gasteiger partial charge in [0, 0.05) is 12.3 Å². The topological polar surface area (TPSA) is 118 Å². The molecule has 10 heteroatoms. The Balaban J connectivity index is 1.86. The van der Waals surface area contributed by atoms with Crippen LogP contribution in [0.3, 0.4) is 0 Å². The van der Waals surface area contributed by atoms with Gasteiger partial charge in [0.2, 0.25) is 0 Å². The van der Waals surface area contributed by atoms with Crippen LogP contribution in [0.5, 0.6) is 0 Å². The number of nitrogen functional groups attached to an aromatic ring is 1. The average Bonchev–Trinajstić information content (AvgIpc) is 3.07. The van der Waals surface area contributed by atoms with Crippen LogP contribution in [0.1, 0.15) is 24.4 Å². The van der Waals surface area contributed by atoms with Crippen molar-refractivity contribution in [2.24, 2.45) is 0 Å². The summed E-state index contributed by atoms with van der Waals surface area (Å²) in [5, 5.41) is 12.4. The van der Waals surface area contributed by atoms with Crippen molar-refractivity contribution in [1.29, 1.82) is 5.26 Å². The Morgan fingerprint density at radius 3 is 2.66 bits per heavy atom. The number of halogens is 2. The third-order valence-corrected chi connectivity index (χ3v) is 4.28. The van der Waals surface area contributed by atoms with E-state index < -0.39 is 17.7 Å². The number of hydrogen-bond acceptors (Lipinski definition) is 7. The molecule has 1 aromatic carbocycles. The number of hydrogen-bond donors (Lipinski definition) is 2. The Labute approximate surface area is 163 Å². The molecule has 3 N–H and O–H groups in total. The quantitative estimate of drug-likeness (QED) is 0.548. The van der Waals surface area contributed by atoms with Crippen molar-refractivity contribution < 1.29 is 8.78 Å². The molecule has 144 valence electrons. The SMILES string of the molecule is C[C@@H](Nc1ncnc(N)c1C#N)c1nc2cccnc2n1-c1cc(F)cc(F)c1. The molecule has 8 nitrogen and oxygen atoms in total. The van der Waals surface area contributed by atoms with E-state index in [9.17, 15) is 14.0 Å². The summed E-state index contributed by atoms with van der Waals surface area (Å²) in [6.07, 6.45) is 2.80. The molecule has 0 radical (unpaired) electrons. The van der Waals surface area contributed by atoms with E-state index >= 15 is 0 Å². The first-order chi connectivity index (χ1) is 14.0. The van der Waals surface area contributed by atoms with Crippen molar-refractivity contribution in [3.05, 3.63) is 65.9 Å². The zero-order valence-electron chi connectivity index (χ0n) is 15.1. The van der Waals surface area contributed by atoms with Crippen LogP contribution in [-0.4, -0.2) is 24.5 Å². The molecule has 3 heterocycles. The third kappa shape index (κ3) is 3.29. The summed E-state index contributed by atoms with van der Waals surface area (Å²) >= 11 is 0. The predicted molar refractivity (Wildman–Crippen MR) is 102 cm³/mol. The fourth-order valence-corrected chi connectivity index (χ4v) is 3.03. The Morgan fingerprint density at radius 1 is 1.17 bits per heavy atom. The van der Waals surface area contributed by atoms with Crippen LogP contribution in [0.15, 0.2) is 42.9 Å². The molecule has 0 saturated heterocycles. The van der Waals surface area contributed by atoms with Gasteiger partial charge in [0.25, 0.3) is 0 Å². The molecule has 0 aliphatic heterocycles. The van der Waals surface area contributed by atoms with Crippen LogP contribution in [0.25, 0.3) is 16.9 Å². The second-order valence-electron chi connectivity index (χ2n) is 6.24. The Hall–Kier alpha value is -4.13. The molecule has 1 atom stereocenters. The molecule has 3 aromatic heterocycles. The summed E-state index contributed by atoms with van der Waals surface area (Å²) in [6, 6.07) is 8.08. The van der Waals surface area contributed by atoms with Crippen LogP contribution in [0, 0.1) is 23.0 Å². The van der Waals surface area contributed by atoms with Gasteiger partial charge in [-0.2, -0.15) is 5.26 Å². The number of pyridine rings is 1. The van der Waals surface area contributed by atoms with Crippen LogP contribution in [-0.2, 0) is 0 Å². The summed E-state index contributed by atoms with van der Waals surface area (Å²) in [5.74, 6) is -0.756. The first-order valence-corrected chi connectivity index (χ1v) is 8.55. The highest BCUT2D eigenvalue weighted by Gasteiger charge is 2.21. The normalized spacial score (nSPS) is 11.9. The van der Waals surface area contributed by atoms with Gasteiger partial charge in [-0.1, -0.05) is 0 Å². The molecule has 0 fully saturated rings. The van der Waals surface area contributed by atoms with E-state index in [4.69, 9.17) is 5.73 Å². The highest BCUT2D eigenvalue weighted by molar-refractivity contribution is 5.74. The van der Waals surface area contributed by atoms with Crippen molar-refractivity contribution in [3.8, 4) is 11.8 Å². The summed E-state index contributed by atoms with van der Waals surface area (Å²) in [6.45, 7) is 1.77. The number of nitrogens with zero attached hydrogens (tertiary/aromatic N) is 6. The molecule has 0 aliphatic carbocycles. The second kappa shape index (κ2) is 7.12. The highest BCUT2D eigenvalue weighted by Crippen LogP contribution is 2.28. The number of anilines is 2. The number of nitrogens with two attached hydrogens (primary N) is 1.